The van der Waals surface area contributed by atoms with Crippen molar-refractivity contribution in [1.29, 1.82) is 0 Å². The number of hydrogen-bond acceptors (Lipinski definition) is 3. The van der Waals surface area contributed by atoms with Gasteiger partial charge in [0.2, 0.25) is 0 Å². The lowest BCUT2D eigenvalue weighted by Gasteiger charge is -2.19. The molecule has 1 aliphatic carbocycles. The monoisotopic (exact) mass is 194 g/mol. The summed E-state index contributed by atoms with van der Waals surface area (Å²) in [6.07, 6.45) is 7.04. The number of hydrogen-bond donors (Lipinski definition) is 1. The third-order valence-electron chi connectivity index (χ3n) is 2.24. The van der Waals surface area contributed by atoms with Gasteiger partial charge in [0.25, 0.3) is 0 Å². The van der Waals surface area contributed by atoms with Crippen LogP contribution < -0.4 is 5.54 Å². The minimum absolute atomic E-state index is 0.538. The van der Waals surface area contributed by atoms with Gasteiger partial charge in [0.1, 0.15) is 11.2 Å². The minimum atomic E-state index is -0.906. The molecular formula is C10H11FN2O. The van der Waals surface area contributed by atoms with Gasteiger partial charge in [-0.1, -0.05) is 18.2 Å². The third-order valence-corrected chi connectivity index (χ3v) is 2.24. The van der Waals surface area contributed by atoms with Gasteiger partial charge in [0.05, 0.1) is 0 Å². The predicted molar refractivity (Wildman–Crippen MR) is 51.0 cm³/mol. The summed E-state index contributed by atoms with van der Waals surface area (Å²) in [7, 11) is 0. The van der Waals surface area contributed by atoms with E-state index in [0.717, 1.165) is 0 Å². The zero-order valence-corrected chi connectivity index (χ0v) is 8.04. The van der Waals surface area contributed by atoms with E-state index in [-0.39, 0.29) is 0 Å². The first-order valence-corrected chi connectivity index (χ1v) is 4.37. The number of nitrogens with zero attached hydrogens (tertiary/aromatic N) is 1. The van der Waals surface area contributed by atoms with E-state index in [2.05, 4.69) is 4.98 Å². The van der Waals surface area contributed by atoms with Crippen LogP contribution in [-0.2, 0) is 5.54 Å². The molecule has 4 heteroatoms. The first kappa shape index (κ1) is 9.15. The van der Waals surface area contributed by atoms with Gasteiger partial charge in [0.15, 0.2) is 11.7 Å². The Hall–Kier alpha value is -1.42. The molecule has 1 atom stereocenters. The Morgan fingerprint density at radius 1 is 1.50 bits per heavy atom. The van der Waals surface area contributed by atoms with Crippen LogP contribution in [-0.4, -0.2) is 4.98 Å². The predicted octanol–water partition coefficient (Wildman–Crippen LogP) is 2.26. The molecule has 0 radical (unpaired) electrons. The molecule has 0 spiro atoms. The lowest BCUT2D eigenvalue weighted by molar-refractivity contribution is 0.223. The fourth-order valence-electron chi connectivity index (χ4n) is 1.47. The van der Waals surface area contributed by atoms with Crippen LogP contribution in [0.5, 0.6) is 0 Å². The summed E-state index contributed by atoms with van der Waals surface area (Å²) in [6.45, 7) is 3.45. The standard InChI is InChI=1S/C10H11FN2O/c1-7-12-9-8(14-7)5-3-4-6-10(9,2)13-11/h3-6,13H,1-2H3. The molecule has 2 rings (SSSR count). The summed E-state index contributed by atoms with van der Waals surface area (Å²) in [6, 6.07) is 0. The van der Waals surface area contributed by atoms with Gasteiger partial charge in [-0.15, -0.1) is 10.0 Å². The topological polar surface area (TPSA) is 38.1 Å². The van der Waals surface area contributed by atoms with Crippen LogP contribution in [0.4, 0.5) is 4.48 Å². The van der Waals surface area contributed by atoms with E-state index in [1.54, 1.807) is 43.7 Å². The largest absolute Gasteiger partial charge is 0.441 e. The molecular weight excluding hydrogens is 183 g/mol. The highest BCUT2D eigenvalue weighted by molar-refractivity contribution is 5.53. The molecule has 1 N–H and O–H groups in total. The quantitative estimate of drug-likeness (QED) is 0.697. The number of oxazole rings is 1. The Morgan fingerprint density at radius 2 is 2.29 bits per heavy atom. The summed E-state index contributed by atoms with van der Waals surface area (Å²) >= 11 is 0. The zero-order valence-electron chi connectivity index (χ0n) is 8.04. The van der Waals surface area contributed by atoms with E-state index in [1.807, 2.05) is 0 Å². The van der Waals surface area contributed by atoms with Crippen molar-refractivity contribution in [3.05, 3.63) is 35.6 Å². The number of allylic oxidation sites excluding steroid dienone is 2. The molecule has 1 heterocycles. The van der Waals surface area contributed by atoms with Gasteiger partial charge < -0.3 is 4.42 Å². The van der Waals surface area contributed by atoms with E-state index in [4.69, 9.17) is 4.42 Å². The Balaban J connectivity index is 2.60. The minimum Gasteiger partial charge on any atom is -0.441 e. The molecule has 14 heavy (non-hydrogen) atoms. The van der Waals surface area contributed by atoms with Gasteiger partial charge in [-0.05, 0) is 13.0 Å². The van der Waals surface area contributed by atoms with Crippen molar-refractivity contribution in [2.24, 2.45) is 0 Å². The number of rotatable bonds is 1. The highest BCUT2D eigenvalue weighted by Crippen LogP contribution is 2.29. The van der Waals surface area contributed by atoms with Gasteiger partial charge in [-0.2, -0.15) is 0 Å². The second-order valence-corrected chi connectivity index (χ2v) is 3.46. The number of fused-ring (bicyclic) bond motifs is 1. The van der Waals surface area contributed by atoms with Gasteiger partial charge in [-0.25, -0.2) is 4.98 Å². The normalized spacial score (nSPS) is 24.8. The number of nitrogens with one attached hydrogen (secondary N) is 1. The number of halogens is 1. The summed E-state index contributed by atoms with van der Waals surface area (Å²) in [5, 5.41) is 0. The molecule has 74 valence electrons. The molecule has 0 aromatic carbocycles. The van der Waals surface area contributed by atoms with Crippen LogP contribution in [0.25, 0.3) is 6.08 Å². The fourth-order valence-corrected chi connectivity index (χ4v) is 1.47. The van der Waals surface area contributed by atoms with Crippen molar-refractivity contribution in [3.8, 4) is 0 Å². The molecule has 0 bridgehead atoms. The first-order valence-electron chi connectivity index (χ1n) is 4.37. The van der Waals surface area contributed by atoms with E-state index in [9.17, 15) is 4.48 Å². The van der Waals surface area contributed by atoms with Crippen LogP contribution in [0, 0.1) is 6.92 Å². The molecule has 1 aromatic heterocycles. The Kier molecular flexibility index (Phi) is 2.00. The van der Waals surface area contributed by atoms with Crippen LogP contribution in [0.3, 0.4) is 0 Å². The second-order valence-electron chi connectivity index (χ2n) is 3.46. The smallest absolute Gasteiger partial charge is 0.192 e. The van der Waals surface area contributed by atoms with Crippen molar-refractivity contribution >= 4 is 6.08 Å². The van der Waals surface area contributed by atoms with Crippen molar-refractivity contribution in [3.63, 3.8) is 0 Å². The van der Waals surface area contributed by atoms with Gasteiger partial charge >= 0.3 is 0 Å². The average molecular weight is 194 g/mol. The Morgan fingerprint density at radius 3 is 3.00 bits per heavy atom. The lowest BCUT2D eigenvalue weighted by atomic mass is 9.98. The molecule has 0 saturated carbocycles. The molecule has 1 unspecified atom stereocenters. The maximum absolute atomic E-state index is 12.7. The lowest BCUT2D eigenvalue weighted by Crippen LogP contribution is -2.32. The maximum Gasteiger partial charge on any atom is 0.192 e. The number of aromatic nitrogens is 1. The molecule has 0 aliphatic heterocycles. The van der Waals surface area contributed by atoms with Crippen LogP contribution >= 0.6 is 0 Å². The zero-order chi connectivity index (χ0) is 10.2. The Bertz CT molecular complexity index is 408. The van der Waals surface area contributed by atoms with Gasteiger partial charge in [-0.3, -0.25) is 0 Å². The summed E-state index contributed by atoms with van der Waals surface area (Å²) in [4.78, 5) is 4.16. The van der Waals surface area contributed by atoms with Crippen LogP contribution in [0.15, 0.2) is 22.6 Å². The molecule has 1 aliphatic rings. The second kappa shape index (κ2) is 3.06. The van der Waals surface area contributed by atoms with E-state index >= 15 is 0 Å². The van der Waals surface area contributed by atoms with Crippen LogP contribution in [0.2, 0.25) is 0 Å². The van der Waals surface area contributed by atoms with Crippen molar-refractivity contribution in [2.75, 3.05) is 0 Å². The van der Waals surface area contributed by atoms with E-state index in [0.29, 0.717) is 17.3 Å². The molecule has 0 fully saturated rings. The Labute approximate surface area is 81.3 Å². The van der Waals surface area contributed by atoms with Crippen molar-refractivity contribution < 1.29 is 8.90 Å². The molecule has 1 aromatic rings. The SMILES string of the molecule is Cc1nc2c(o1)C=CC=CC2(C)NF. The van der Waals surface area contributed by atoms with Gasteiger partial charge in [0, 0.05) is 6.92 Å². The summed E-state index contributed by atoms with van der Waals surface area (Å²) in [5.41, 5.74) is 1.41. The van der Waals surface area contributed by atoms with Crippen molar-refractivity contribution in [2.45, 2.75) is 19.4 Å². The summed E-state index contributed by atoms with van der Waals surface area (Å²) in [5.74, 6) is 1.14. The summed E-state index contributed by atoms with van der Waals surface area (Å²) < 4.78 is 18.1. The molecule has 0 saturated heterocycles. The van der Waals surface area contributed by atoms with E-state index < -0.39 is 5.54 Å². The molecule has 3 nitrogen and oxygen atoms in total. The highest BCUT2D eigenvalue weighted by Gasteiger charge is 2.31. The fraction of sp³-hybridized carbons (Fsp3) is 0.300. The van der Waals surface area contributed by atoms with Crippen LogP contribution in [0.1, 0.15) is 24.3 Å². The number of aryl methyl sites for hydroxylation is 1. The third kappa shape index (κ3) is 1.28. The molecule has 0 amide bonds. The first-order chi connectivity index (χ1) is 6.65. The average Bonchev–Trinajstić information content (AvgIpc) is 2.48. The van der Waals surface area contributed by atoms with Crippen molar-refractivity contribution in [1.82, 2.24) is 10.5 Å². The van der Waals surface area contributed by atoms with E-state index in [1.165, 1.54) is 0 Å². The maximum atomic E-state index is 12.7. The highest BCUT2D eigenvalue weighted by atomic mass is 19.2.